The maximum Gasteiger partial charge on any atom is 0.193 e. The Hall–Kier alpha value is -1.97. The molecule has 1 aromatic rings. The van der Waals surface area contributed by atoms with Crippen LogP contribution in [0.3, 0.4) is 0 Å². The fourth-order valence-corrected chi connectivity index (χ4v) is 1.02. The maximum absolute atomic E-state index is 5.62. The van der Waals surface area contributed by atoms with Gasteiger partial charge in [-0.05, 0) is 24.3 Å². The number of anilines is 1. The number of methoxy groups -OCH3 is 1. The van der Waals surface area contributed by atoms with Gasteiger partial charge in [-0.3, -0.25) is 0 Å². The fourth-order valence-electron chi connectivity index (χ4n) is 1.02. The predicted molar refractivity (Wildman–Crippen MR) is 63.3 cm³/mol. The first-order chi connectivity index (χ1) is 7.26. The monoisotopic (exact) mass is 205 g/mol. The Kier molecular flexibility index (Phi) is 4.22. The molecule has 0 amide bonds. The van der Waals surface area contributed by atoms with Gasteiger partial charge < -0.3 is 15.8 Å². The van der Waals surface area contributed by atoms with Crippen molar-refractivity contribution in [1.29, 1.82) is 0 Å². The van der Waals surface area contributed by atoms with Gasteiger partial charge in [-0.1, -0.05) is 6.08 Å². The van der Waals surface area contributed by atoms with Crippen molar-refractivity contribution < 1.29 is 4.74 Å². The number of rotatable bonds is 4. The number of guanidine groups is 1. The van der Waals surface area contributed by atoms with Gasteiger partial charge >= 0.3 is 0 Å². The largest absolute Gasteiger partial charge is 0.497 e. The van der Waals surface area contributed by atoms with Crippen LogP contribution in [-0.4, -0.2) is 19.6 Å². The summed E-state index contributed by atoms with van der Waals surface area (Å²) in [6.45, 7) is 4.06. The van der Waals surface area contributed by atoms with Crippen LogP contribution >= 0.6 is 0 Å². The maximum atomic E-state index is 5.62. The fraction of sp³-hybridized carbons (Fsp3) is 0.182. The third kappa shape index (κ3) is 3.72. The first-order valence-corrected chi connectivity index (χ1v) is 4.58. The minimum atomic E-state index is 0.375. The van der Waals surface area contributed by atoms with Crippen LogP contribution in [0.5, 0.6) is 5.75 Å². The zero-order valence-corrected chi connectivity index (χ0v) is 8.73. The Bertz CT molecular complexity index is 343. The van der Waals surface area contributed by atoms with E-state index in [0.717, 1.165) is 11.4 Å². The van der Waals surface area contributed by atoms with E-state index in [4.69, 9.17) is 10.5 Å². The van der Waals surface area contributed by atoms with Gasteiger partial charge in [0.1, 0.15) is 5.75 Å². The molecule has 1 aromatic carbocycles. The van der Waals surface area contributed by atoms with Crippen molar-refractivity contribution in [2.24, 2.45) is 10.7 Å². The van der Waals surface area contributed by atoms with Crippen molar-refractivity contribution in [2.45, 2.75) is 0 Å². The van der Waals surface area contributed by atoms with E-state index in [2.05, 4.69) is 16.9 Å². The molecule has 0 spiro atoms. The molecular weight excluding hydrogens is 190 g/mol. The molecular formula is C11H15N3O. The SMILES string of the molecule is C=CCN=C(N)Nc1ccc(OC)cc1. The van der Waals surface area contributed by atoms with Crippen molar-refractivity contribution in [2.75, 3.05) is 19.0 Å². The second kappa shape index (κ2) is 5.70. The molecule has 0 radical (unpaired) electrons. The van der Waals surface area contributed by atoms with Gasteiger partial charge in [0.05, 0.1) is 13.7 Å². The predicted octanol–water partition coefficient (Wildman–Crippen LogP) is 1.61. The van der Waals surface area contributed by atoms with E-state index in [-0.39, 0.29) is 0 Å². The first kappa shape index (κ1) is 11.1. The van der Waals surface area contributed by atoms with Gasteiger partial charge in [0.25, 0.3) is 0 Å². The molecule has 4 heteroatoms. The van der Waals surface area contributed by atoms with Crippen LogP contribution in [0, 0.1) is 0 Å². The minimum Gasteiger partial charge on any atom is -0.497 e. The summed E-state index contributed by atoms with van der Waals surface area (Å²) >= 11 is 0. The van der Waals surface area contributed by atoms with Gasteiger partial charge in [0.2, 0.25) is 0 Å². The Morgan fingerprint density at radius 1 is 1.53 bits per heavy atom. The first-order valence-electron chi connectivity index (χ1n) is 4.58. The van der Waals surface area contributed by atoms with Crippen molar-refractivity contribution in [3.8, 4) is 5.75 Å². The number of aliphatic imine (C=N–C) groups is 1. The van der Waals surface area contributed by atoms with E-state index < -0.39 is 0 Å². The van der Waals surface area contributed by atoms with Gasteiger partial charge in [-0.15, -0.1) is 6.58 Å². The number of nitrogens with two attached hydrogens (primary N) is 1. The highest BCUT2D eigenvalue weighted by molar-refractivity contribution is 5.92. The van der Waals surface area contributed by atoms with Gasteiger partial charge in [0, 0.05) is 5.69 Å². The molecule has 0 atom stereocenters. The van der Waals surface area contributed by atoms with Gasteiger partial charge in [-0.2, -0.15) is 0 Å². The van der Waals surface area contributed by atoms with E-state index in [1.165, 1.54) is 0 Å². The summed E-state index contributed by atoms with van der Waals surface area (Å²) in [6, 6.07) is 7.44. The summed E-state index contributed by atoms with van der Waals surface area (Å²) in [5, 5.41) is 2.95. The topological polar surface area (TPSA) is 59.6 Å². The average molecular weight is 205 g/mol. The Balaban J connectivity index is 2.60. The lowest BCUT2D eigenvalue weighted by molar-refractivity contribution is 0.415. The molecule has 0 unspecified atom stereocenters. The van der Waals surface area contributed by atoms with E-state index in [0.29, 0.717) is 12.5 Å². The molecule has 0 bridgehead atoms. The molecule has 0 fully saturated rings. The second-order valence-electron chi connectivity index (χ2n) is 2.87. The molecule has 15 heavy (non-hydrogen) atoms. The van der Waals surface area contributed by atoms with Gasteiger partial charge in [-0.25, -0.2) is 4.99 Å². The number of hydrogen-bond donors (Lipinski definition) is 2. The summed E-state index contributed by atoms with van der Waals surface area (Å²) in [6.07, 6.45) is 1.68. The van der Waals surface area contributed by atoms with Crippen molar-refractivity contribution in [3.63, 3.8) is 0 Å². The highest BCUT2D eigenvalue weighted by Crippen LogP contribution is 2.14. The van der Waals surface area contributed by atoms with Crippen LogP contribution in [0.2, 0.25) is 0 Å². The van der Waals surface area contributed by atoms with Gasteiger partial charge in [0.15, 0.2) is 5.96 Å². The van der Waals surface area contributed by atoms with Crippen LogP contribution in [-0.2, 0) is 0 Å². The summed E-state index contributed by atoms with van der Waals surface area (Å²) in [7, 11) is 1.63. The summed E-state index contributed by atoms with van der Waals surface area (Å²) < 4.78 is 5.04. The molecule has 4 nitrogen and oxygen atoms in total. The van der Waals surface area contributed by atoms with E-state index in [1.54, 1.807) is 13.2 Å². The normalized spacial score (nSPS) is 10.9. The lowest BCUT2D eigenvalue weighted by atomic mass is 10.3. The number of nitrogens with zero attached hydrogens (tertiary/aromatic N) is 1. The van der Waals surface area contributed by atoms with Crippen LogP contribution in [0.25, 0.3) is 0 Å². The second-order valence-corrected chi connectivity index (χ2v) is 2.87. The molecule has 0 aliphatic carbocycles. The zero-order valence-electron chi connectivity index (χ0n) is 8.73. The smallest absolute Gasteiger partial charge is 0.193 e. The van der Waals surface area contributed by atoms with E-state index >= 15 is 0 Å². The average Bonchev–Trinajstić information content (AvgIpc) is 2.27. The number of nitrogens with one attached hydrogen (secondary N) is 1. The molecule has 0 heterocycles. The van der Waals surface area contributed by atoms with Crippen molar-refractivity contribution in [3.05, 3.63) is 36.9 Å². The number of hydrogen-bond acceptors (Lipinski definition) is 2. The minimum absolute atomic E-state index is 0.375. The molecule has 80 valence electrons. The van der Waals surface area contributed by atoms with Crippen LogP contribution in [0.4, 0.5) is 5.69 Å². The Morgan fingerprint density at radius 3 is 2.73 bits per heavy atom. The lowest BCUT2D eigenvalue weighted by Gasteiger charge is -2.05. The van der Waals surface area contributed by atoms with E-state index in [9.17, 15) is 0 Å². The van der Waals surface area contributed by atoms with Crippen molar-refractivity contribution >= 4 is 11.6 Å². The van der Waals surface area contributed by atoms with E-state index in [1.807, 2.05) is 24.3 Å². The molecule has 0 saturated heterocycles. The molecule has 0 aliphatic heterocycles. The summed E-state index contributed by atoms with van der Waals surface area (Å²) in [4.78, 5) is 4.01. The number of benzene rings is 1. The quantitative estimate of drug-likeness (QED) is 0.446. The molecule has 0 aliphatic rings. The highest BCUT2D eigenvalue weighted by atomic mass is 16.5. The molecule has 0 saturated carbocycles. The highest BCUT2D eigenvalue weighted by Gasteiger charge is 1.94. The molecule has 3 N–H and O–H groups in total. The third-order valence-corrected chi connectivity index (χ3v) is 1.75. The van der Waals surface area contributed by atoms with Crippen LogP contribution in [0.15, 0.2) is 41.9 Å². The Labute approximate surface area is 89.5 Å². The summed E-state index contributed by atoms with van der Waals surface area (Å²) in [5.74, 6) is 1.18. The summed E-state index contributed by atoms with van der Waals surface area (Å²) in [5.41, 5.74) is 6.50. The third-order valence-electron chi connectivity index (χ3n) is 1.75. The molecule has 1 rings (SSSR count). The Morgan fingerprint density at radius 2 is 2.20 bits per heavy atom. The lowest BCUT2D eigenvalue weighted by Crippen LogP contribution is -2.22. The van der Waals surface area contributed by atoms with Crippen LogP contribution < -0.4 is 15.8 Å². The molecule has 0 aromatic heterocycles. The standard InChI is InChI=1S/C11H15N3O/c1-3-8-13-11(12)14-9-4-6-10(15-2)7-5-9/h3-7H,1,8H2,2H3,(H3,12,13,14). The van der Waals surface area contributed by atoms with Crippen LogP contribution in [0.1, 0.15) is 0 Å². The number of ether oxygens (including phenoxy) is 1. The zero-order chi connectivity index (χ0) is 11.1. The van der Waals surface area contributed by atoms with Crippen molar-refractivity contribution in [1.82, 2.24) is 0 Å².